The molecule has 0 unspecified atom stereocenters. The third-order valence-electron chi connectivity index (χ3n) is 3.04. The van der Waals surface area contributed by atoms with Gasteiger partial charge in [0.15, 0.2) is 0 Å². The van der Waals surface area contributed by atoms with Crippen molar-refractivity contribution in [2.24, 2.45) is 0 Å². The van der Waals surface area contributed by atoms with Crippen molar-refractivity contribution in [3.8, 4) is 11.5 Å². The first-order chi connectivity index (χ1) is 10.7. The third-order valence-corrected chi connectivity index (χ3v) is 3.54. The number of halogens is 1. The van der Waals surface area contributed by atoms with Crippen LogP contribution < -0.4 is 4.74 Å². The highest BCUT2D eigenvalue weighted by Crippen LogP contribution is 2.30. The first-order valence-electron chi connectivity index (χ1n) is 6.75. The van der Waals surface area contributed by atoms with Crippen LogP contribution in [-0.4, -0.2) is 22.5 Å². The van der Waals surface area contributed by atoms with Crippen molar-refractivity contribution in [1.29, 1.82) is 0 Å². The van der Waals surface area contributed by atoms with Crippen LogP contribution in [0, 0.1) is 0 Å². The number of carbonyl (C=O) groups excluding carboxylic acids is 1. The first-order valence-corrected chi connectivity index (χ1v) is 7.54. The Balaban J connectivity index is 1.96. The van der Waals surface area contributed by atoms with E-state index in [1.807, 2.05) is 18.3 Å². The zero-order valence-corrected chi connectivity index (χ0v) is 13.4. The van der Waals surface area contributed by atoms with Gasteiger partial charge in [-0.15, -0.1) is 0 Å². The number of nitrogens with zero attached hydrogens (tertiary/aromatic N) is 1. The molecule has 0 amide bonds. The number of fused-ring (bicyclic) bond motifs is 1. The Morgan fingerprint density at radius 1 is 1.32 bits per heavy atom. The molecule has 0 fully saturated rings. The Labute approximate surface area is 135 Å². The first kappa shape index (κ1) is 14.6. The van der Waals surface area contributed by atoms with Gasteiger partial charge in [0.05, 0.1) is 12.8 Å². The fourth-order valence-electron chi connectivity index (χ4n) is 2.06. The molecule has 5 nitrogen and oxygen atoms in total. The number of ether oxygens (including phenoxy) is 2. The summed E-state index contributed by atoms with van der Waals surface area (Å²) in [5, 5.41) is 0.935. The summed E-state index contributed by atoms with van der Waals surface area (Å²) in [6.45, 7) is 2.08. The van der Waals surface area contributed by atoms with Crippen LogP contribution in [0.5, 0.6) is 11.5 Å². The number of pyridine rings is 1. The zero-order valence-electron chi connectivity index (χ0n) is 11.8. The molecule has 0 aliphatic carbocycles. The van der Waals surface area contributed by atoms with Crippen molar-refractivity contribution in [1.82, 2.24) is 9.97 Å². The molecule has 3 rings (SSSR count). The molecule has 1 aromatic carbocycles. The molecule has 1 N–H and O–H groups in total. The van der Waals surface area contributed by atoms with Crippen LogP contribution in [-0.2, 0) is 4.74 Å². The van der Waals surface area contributed by atoms with E-state index in [9.17, 15) is 4.79 Å². The van der Waals surface area contributed by atoms with E-state index in [1.165, 1.54) is 0 Å². The van der Waals surface area contributed by atoms with Crippen LogP contribution in [0.4, 0.5) is 0 Å². The van der Waals surface area contributed by atoms with E-state index in [0.717, 1.165) is 15.5 Å². The van der Waals surface area contributed by atoms with E-state index >= 15 is 0 Å². The second kappa shape index (κ2) is 6.19. The summed E-state index contributed by atoms with van der Waals surface area (Å²) in [5.74, 6) is 0.556. The Morgan fingerprint density at radius 2 is 2.18 bits per heavy atom. The van der Waals surface area contributed by atoms with Gasteiger partial charge in [-0.25, -0.2) is 9.78 Å². The van der Waals surface area contributed by atoms with Crippen LogP contribution >= 0.6 is 15.9 Å². The van der Waals surface area contributed by atoms with Gasteiger partial charge in [0.25, 0.3) is 0 Å². The van der Waals surface area contributed by atoms with Gasteiger partial charge in [-0.3, -0.25) is 0 Å². The van der Waals surface area contributed by atoms with Gasteiger partial charge in [0.2, 0.25) is 0 Å². The summed E-state index contributed by atoms with van der Waals surface area (Å²) in [7, 11) is 0. The van der Waals surface area contributed by atoms with Gasteiger partial charge >= 0.3 is 5.97 Å². The average molecular weight is 361 g/mol. The highest BCUT2D eigenvalue weighted by Gasteiger charge is 2.15. The molecular formula is C16H13BrN2O3. The lowest BCUT2D eigenvalue weighted by molar-refractivity contribution is 0.0523. The molecule has 0 aliphatic heterocycles. The third kappa shape index (κ3) is 2.96. The molecule has 0 atom stereocenters. The lowest BCUT2D eigenvalue weighted by atomic mass is 10.2. The minimum atomic E-state index is -0.416. The number of esters is 1. The Hall–Kier alpha value is -2.34. The lowest BCUT2D eigenvalue weighted by Gasteiger charge is -2.11. The smallest absolute Gasteiger partial charge is 0.341 e. The monoisotopic (exact) mass is 360 g/mol. The van der Waals surface area contributed by atoms with E-state index in [0.29, 0.717) is 23.7 Å². The molecule has 2 aromatic heterocycles. The number of aromatic amines is 1. The number of hydrogen-bond acceptors (Lipinski definition) is 4. The minimum absolute atomic E-state index is 0.311. The summed E-state index contributed by atoms with van der Waals surface area (Å²) in [6, 6.07) is 8.93. The fraction of sp³-hybridized carbons (Fsp3) is 0.125. The number of rotatable bonds is 4. The van der Waals surface area contributed by atoms with Crippen molar-refractivity contribution < 1.29 is 14.3 Å². The Bertz CT molecular complexity index is 829. The number of benzene rings is 1. The average Bonchev–Trinajstić information content (AvgIpc) is 2.95. The number of carbonyl (C=O) groups is 1. The Morgan fingerprint density at radius 3 is 3.00 bits per heavy atom. The summed E-state index contributed by atoms with van der Waals surface area (Å²) < 4.78 is 11.7. The maximum atomic E-state index is 12.0. The van der Waals surface area contributed by atoms with Crippen LogP contribution in [0.15, 0.2) is 47.2 Å². The molecule has 6 heteroatoms. The van der Waals surface area contributed by atoms with Crippen LogP contribution in [0.2, 0.25) is 0 Å². The zero-order chi connectivity index (χ0) is 15.5. The van der Waals surface area contributed by atoms with Gasteiger partial charge in [0, 0.05) is 16.1 Å². The van der Waals surface area contributed by atoms with Crippen molar-refractivity contribution in [2.45, 2.75) is 6.92 Å². The predicted molar refractivity (Wildman–Crippen MR) is 86.3 cm³/mol. The molecule has 22 heavy (non-hydrogen) atoms. The summed E-state index contributed by atoms with van der Waals surface area (Å²) in [4.78, 5) is 19.3. The lowest BCUT2D eigenvalue weighted by Crippen LogP contribution is -2.06. The number of aromatic nitrogens is 2. The van der Waals surface area contributed by atoms with Crippen LogP contribution in [0.25, 0.3) is 11.0 Å². The standard InChI is InChI=1S/C16H13BrN2O3/c1-2-21-16(20)13-4-3-11(17)8-14(13)22-12-7-10-5-6-18-15(10)19-9-12/h3-9H,2H2,1H3,(H,18,19). The summed E-state index contributed by atoms with van der Waals surface area (Å²) in [5.41, 5.74) is 1.16. The largest absolute Gasteiger partial charge is 0.462 e. The van der Waals surface area contributed by atoms with Gasteiger partial charge < -0.3 is 14.5 Å². The Kier molecular flexibility index (Phi) is 4.11. The molecule has 0 saturated carbocycles. The minimum Gasteiger partial charge on any atom is -0.462 e. The van der Waals surface area contributed by atoms with Crippen LogP contribution in [0.3, 0.4) is 0 Å². The number of hydrogen-bond donors (Lipinski definition) is 1. The SMILES string of the molecule is CCOC(=O)c1ccc(Br)cc1Oc1cnc2[nH]ccc2c1. The molecule has 0 spiro atoms. The molecule has 0 bridgehead atoms. The van der Waals surface area contributed by atoms with Crippen molar-refractivity contribution in [2.75, 3.05) is 6.61 Å². The second-order valence-electron chi connectivity index (χ2n) is 4.55. The molecule has 112 valence electrons. The fourth-order valence-corrected chi connectivity index (χ4v) is 2.40. The van der Waals surface area contributed by atoms with E-state index in [1.54, 1.807) is 31.3 Å². The van der Waals surface area contributed by atoms with E-state index in [2.05, 4.69) is 25.9 Å². The molecular weight excluding hydrogens is 348 g/mol. The maximum Gasteiger partial charge on any atom is 0.341 e. The van der Waals surface area contributed by atoms with E-state index in [4.69, 9.17) is 9.47 Å². The van der Waals surface area contributed by atoms with Crippen LogP contribution in [0.1, 0.15) is 17.3 Å². The predicted octanol–water partition coefficient (Wildman–Crippen LogP) is 4.29. The second-order valence-corrected chi connectivity index (χ2v) is 5.47. The number of H-pyrrole nitrogens is 1. The van der Waals surface area contributed by atoms with Gasteiger partial charge in [-0.1, -0.05) is 15.9 Å². The van der Waals surface area contributed by atoms with E-state index < -0.39 is 5.97 Å². The topological polar surface area (TPSA) is 64.2 Å². The highest BCUT2D eigenvalue weighted by molar-refractivity contribution is 9.10. The number of nitrogens with one attached hydrogen (secondary N) is 1. The molecule has 3 aromatic rings. The van der Waals surface area contributed by atoms with Gasteiger partial charge in [0.1, 0.15) is 22.7 Å². The highest BCUT2D eigenvalue weighted by atomic mass is 79.9. The molecule has 2 heterocycles. The summed E-state index contributed by atoms with van der Waals surface area (Å²) >= 11 is 3.38. The molecule has 0 saturated heterocycles. The van der Waals surface area contributed by atoms with Crippen molar-refractivity contribution in [3.05, 3.63) is 52.8 Å². The summed E-state index contributed by atoms with van der Waals surface area (Å²) in [6.07, 6.45) is 3.42. The van der Waals surface area contributed by atoms with Gasteiger partial charge in [-0.2, -0.15) is 0 Å². The molecule has 0 aliphatic rings. The quantitative estimate of drug-likeness (QED) is 0.704. The van der Waals surface area contributed by atoms with E-state index in [-0.39, 0.29) is 0 Å². The van der Waals surface area contributed by atoms with Crippen molar-refractivity contribution >= 4 is 32.9 Å². The maximum absolute atomic E-state index is 12.0. The van der Waals surface area contributed by atoms with Gasteiger partial charge in [-0.05, 0) is 37.3 Å². The van der Waals surface area contributed by atoms with Crippen molar-refractivity contribution in [3.63, 3.8) is 0 Å². The molecule has 0 radical (unpaired) electrons. The normalized spacial score (nSPS) is 10.6.